The highest BCUT2D eigenvalue weighted by molar-refractivity contribution is 7.95. The smallest absolute Gasteiger partial charge is 0.201 e. The molecule has 0 aliphatic carbocycles. The summed E-state index contributed by atoms with van der Waals surface area (Å²) < 4.78 is 36.4. The van der Waals surface area contributed by atoms with Gasteiger partial charge in [-0.2, -0.15) is 0 Å². The fourth-order valence-electron chi connectivity index (χ4n) is 1.54. The Kier molecular flexibility index (Phi) is 2.01. The van der Waals surface area contributed by atoms with Crippen molar-refractivity contribution in [2.75, 3.05) is 0 Å². The zero-order chi connectivity index (χ0) is 11.2. The van der Waals surface area contributed by atoms with Gasteiger partial charge in [-0.1, -0.05) is 6.07 Å². The lowest BCUT2D eigenvalue weighted by atomic mass is 10.0. The van der Waals surface area contributed by atoms with Gasteiger partial charge in [0.25, 0.3) is 0 Å². The van der Waals surface area contributed by atoms with E-state index in [4.69, 9.17) is 0 Å². The van der Waals surface area contributed by atoms with Crippen molar-refractivity contribution in [2.45, 2.75) is 11.8 Å². The van der Waals surface area contributed by atoms with Crippen LogP contribution in [0.5, 0.6) is 0 Å². The Labute approximate surface area is 86.1 Å². The Hall–Kier alpha value is -1.49. The van der Waals surface area contributed by atoms with Crippen molar-refractivity contribution in [1.29, 1.82) is 0 Å². The number of rotatable bonds is 1. The molecule has 0 unspecified atom stereocenters. The van der Waals surface area contributed by atoms with E-state index in [-0.39, 0.29) is 16.0 Å². The van der Waals surface area contributed by atoms with Crippen LogP contribution in [0.4, 0.5) is 4.39 Å². The van der Waals surface area contributed by atoms with Gasteiger partial charge in [-0.25, -0.2) is 12.8 Å². The first-order valence-electron chi connectivity index (χ1n) is 4.20. The first-order valence-corrected chi connectivity index (χ1v) is 5.75. The number of benzene rings is 1. The molecule has 0 N–H and O–H groups in total. The fraction of sp³-hybridized carbons (Fsp3) is 0.100. The van der Waals surface area contributed by atoms with Crippen molar-refractivity contribution in [2.24, 2.45) is 0 Å². The Bertz CT molecular complexity index is 585. The highest BCUT2D eigenvalue weighted by Gasteiger charge is 2.31. The van der Waals surface area contributed by atoms with Gasteiger partial charge in [-0.05, 0) is 19.1 Å². The number of hydrogen-bond acceptors (Lipinski definition) is 3. The molecule has 5 heteroatoms. The third kappa shape index (κ3) is 1.39. The minimum absolute atomic E-state index is 0.0805. The zero-order valence-corrected chi connectivity index (χ0v) is 8.64. The van der Waals surface area contributed by atoms with Crippen LogP contribution in [0.2, 0.25) is 0 Å². The number of carbonyl (C=O) groups excluding carboxylic acids is 1. The number of carbonyl (C=O) groups is 1. The molecule has 3 nitrogen and oxygen atoms in total. The number of Topliss-reactive ketones (excluding diaryl/α,β-unsaturated/α-hetero) is 1. The molecule has 1 aromatic carbocycles. The highest BCUT2D eigenvalue weighted by Crippen LogP contribution is 2.35. The predicted octanol–water partition coefficient (Wildman–Crippen LogP) is 1.54. The van der Waals surface area contributed by atoms with Gasteiger partial charge in [0.1, 0.15) is 5.82 Å². The van der Waals surface area contributed by atoms with Crippen LogP contribution in [0.1, 0.15) is 12.5 Å². The molecule has 0 amide bonds. The van der Waals surface area contributed by atoms with Crippen molar-refractivity contribution in [3.05, 3.63) is 35.0 Å². The van der Waals surface area contributed by atoms with Crippen LogP contribution in [-0.4, -0.2) is 14.2 Å². The highest BCUT2D eigenvalue weighted by atomic mass is 32.2. The zero-order valence-electron chi connectivity index (χ0n) is 7.82. The van der Waals surface area contributed by atoms with Crippen molar-refractivity contribution < 1.29 is 17.6 Å². The lowest BCUT2D eigenvalue weighted by molar-refractivity contribution is -0.111. The van der Waals surface area contributed by atoms with Crippen LogP contribution in [0.3, 0.4) is 0 Å². The second-order valence-corrected chi connectivity index (χ2v) is 5.01. The van der Waals surface area contributed by atoms with Gasteiger partial charge in [-0.3, -0.25) is 4.79 Å². The molecule has 78 valence electrons. The molecule has 0 atom stereocenters. The Balaban J connectivity index is 2.86. The number of hydrogen-bond donors (Lipinski definition) is 0. The maximum atomic E-state index is 13.4. The van der Waals surface area contributed by atoms with E-state index < -0.39 is 21.4 Å². The normalized spacial score (nSPS) is 17.1. The summed E-state index contributed by atoms with van der Waals surface area (Å²) >= 11 is 0. The Morgan fingerprint density at radius 2 is 2.00 bits per heavy atom. The second kappa shape index (κ2) is 3.00. The Morgan fingerprint density at radius 3 is 2.60 bits per heavy atom. The van der Waals surface area contributed by atoms with Crippen LogP contribution in [0.15, 0.2) is 28.5 Å². The summed E-state index contributed by atoms with van der Waals surface area (Å²) in [6, 6.07) is 3.74. The van der Waals surface area contributed by atoms with Gasteiger partial charge < -0.3 is 0 Å². The molecule has 0 bridgehead atoms. The first-order chi connectivity index (χ1) is 6.93. The number of fused-ring (bicyclic) bond motifs is 1. The van der Waals surface area contributed by atoms with E-state index in [1.54, 1.807) is 0 Å². The molecule has 0 saturated heterocycles. The molecule has 0 spiro atoms. The monoisotopic (exact) mass is 226 g/mol. The molecular formula is C10H7FO3S. The maximum absolute atomic E-state index is 13.4. The van der Waals surface area contributed by atoms with Crippen LogP contribution >= 0.6 is 0 Å². The quantitative estimate of drug-likeness (QED) is 0.729. The van der Waals surface area contributed by atoms with Crippen LogP contribution in [-0.2, 0) is 14.6 Å². The topological polar surface area (TPSA) is 51.2 Å². The van der Waals surface area contributed by atoms with E-state index >= 15 is 0 Å². The van der Waals surface area contributed by atoms with Crippen molar-refractivity contribution in [3.63, 3.8) is 0 Å². The molecule has 0 aromatic heterocycles. The third-order valence-corrected chi connectivity index (χ3v) is 3.70. The fourth-order valence-corrected chi connectivity index (χ4v) is 3.02. The van der Waals surface area contributed by atoms with Crippen LogP contribution < -0.4 is 0 Å². The molecular weight excluding hydrogens is 219 g/mol. The van der Waals surface area contributed by atoms with Crippen LogP contribution in [0, 0.1) is 5.82 Å². The summed E-state index contributed by atoms with van der Waals surface area (Å²) in [5.41, 5.74) is -0.187. The SMILES string of the molecule is CC(=O)C1=CS(=O)(=O)c2cccc(F)c21. The predicted molar refractivity (Wildman–Crippen MR) is 52.2 cm³/mol. The molecule has 1 aliphatic heterocycles. The number of ketones is 1. The van der Waals surface area contributed by atoms with Crippen molar-refractivity contribution >= 4 is 21.2 Å². The summed E-state index contributed by atoms with van der Waals surface area (Å²) in [6.07, 6.45) is 0. The third-order valence-electron chi connectivity index (χ3n) is 2.20. The van der Waals surface area contributed by atoms with Gasteiger partial charge in [0.15, 0.2) is 5.78 Å². The summed E-state index contributed by atoms with van der Waals surface area (Å²) in [5.74, 6) is -1.14. The van der Waals surface area contributed by atoms with Gasteiger partial charge >= 0.3 is 0 Å². The summed E-state index contributed by atoms with van der Waals surface area (Å²) in [6.45, 7) is 1.21. The van der Waals surface area contributed by atoms with Gasteiger partial charge in [-0.15, -0.1) is 0 Å². The Morgan fingerprint density at radius 1 is 1.33 bits per heavy atom. The van der Waals surface area contributed by atoms with E-state index in [1.165, 1.54) is 19.1 Å². The molecule has 1 heterocycles. The molecule has 1 aliphatic rings. The summed E-state index contributed by atoms with van der Waals surface area (Å²) in [5, 5.41) is 0.822. The van der Waals surface area contributed by atoms with Gasteiger partial charge in [0.05, 0.1) is 4.90 Å². The standard InChI is InChI=1S/C10H7FO3S/c1-6(12)7-5-15(13,14)9-4-2-3-8(11)10(7)9/h2-5H,1H3. The summed E-state index contributed by atoms with van der Waals surface area (Å²) in [4.78, 5) is 11.0. The van der Waals surface area contributed by atoms with Crippen molar-refractivity contribution in [3.8, 4) is 0 Å². The number of sulfone groups is 1. The molecule has 0 radical (unpaired) electrons. The van der Waals surface area contributed by atoms with E-state index in [0.717, 1.165) is 11.5 Å². The van der Waals surface area contributed by atoms with E-state index in [1.807, 2.05) is 0 Å². The average Bonchev–Trinajstić information content (AvgIpc) is 2.40. The number of halogens is 1. The van der Waals surface area contributed by atoms with E-state index in [9.17, 15) is 17.6 Å². The molecule has 0 saturated carbocycles. The molecule has 0 fully saturated rings. The number of allylic oxidation sites excluding steroid dienone is 1. The summed E-state index contributed by atoms with van der Waals surface area (Å²) in [7, 11) is -3.65. The molecule has 2 rings (SSSR count). The first kappa shape index (κ1) is 10.0. The average molecular weight is 226 g/mol. The van der Waals surface area contributed by atoms with Gasteiger partial charge in [0.2, 0.25) is 9.84 Å². The molecule has 1 aromatic rings. The largest absolute Gasteiger partial charge is 0.294 e. The van der Waals surface area contributed by atoms with Crippen molar-refractivity contribution in [1.82, 2.24) is 0 Å². The minimum atomic E-state index is -3.65. The van der Waals surface area contributed by atoms with Gasteiger partial charge in [0, 0.05) is 16.5 Å². The lowest BCUT2D eigenvalue weighted by Gasteiger charge is -2.01. The maximum Gasteiger partial charge on any atom is 0.201 e. The minimum Gasteiger partial charge on any atom is -0.294 e. The van der Waals surface area contributed by atoms with E-state index in [0.29, 0.717) is 0 Å². The molecule has 15 heavy (non-hydrogen) atoms. The van der Waals surface area contributed by atoms with E-state index in [2.05, 4.69) is 0 Å². The second-order valence-electron chi connectivity index (χ2n) is 3.25. The van der Waals surface area contributed by atoms with Crippen LogP contribution in [0.25, 0.3) is 5.57 Å². The lowest BCUT2D eigenvalue weighted by Crippen LogP contribution is -1.97.